The molecule has 0 spiro atoms. The Bertz CT molecular complexity index is 797. The molecule has 0 saturated carbocycles. The number of nitriles is 1. The van der Waals surface area contributed by atoms with E-state index < -0.39 is 11.5 Å². The number of rotatable bonds is 1. The van der Waals surface area contributed by atoms with E-state index in [9.17, 15) is 10.1 Å². The van der Waals surface area contributed by atoms with E-state index in [0.29, 0.717) is 17.1 Å². The summed E-state index contributed by atoms with van der Waals surface area (Å²) in [7, 11) is 0. The van der Waals surface area contributed by atoms with Crippen molar-refractivity contribution in [3.05, 3.63) is 61.7 Å². The van der Waals surface area contributed by atoms with Gasteiger partial charge in [0.15, 0.2) is 0 Å². The second kappa shape index (κ2) is 4.54. The minimum Gasteiger partial charge on any atom is -0.440 e. The summed E-state index contributed by atoms with van der Waals surface area (Å²) in [5.41, 5.74) is 5.86. The lowest BCUT2D eigenvalue weighted by molar-refractivity contribution is 0.372. The number of hydrogen-bond donors (Lipinski definition) is 1. The lowest BCUT2D eigenvalue weighted by atomic mass is 9.89. The van der Waals surface area contributed by atoms with Gasteiger partial charge >= 0.3 is 5.63 Å². The van der Waals surface area contributed by atoms with Crippen LogP contribution in [0.2, 0.25) is 0 Å². The Morgan fingerprint density at radius 3 is 2.95 bits per heavy atom. The Balaban J connectivity index is 2.32. The van der Waals surface area contributed by atoms with Gasteiger partial charge in [0.1, 0.15) is 23.2 Å². The third kappa shape index (κ3) is 1.80. The summed E-state index contributed by atoms with van der Waals surface area (Å²) in [4.78, 5) is 13.0. The average Bonchev–Trinajstić information content (AvgIpc) is 2.90. The summed E-state index contributed by atoms with van der Waals surface area (Å²) in [6, 6.07) is 7.35. The molecule has 1 atom stereocenters. The van der Waals surface area contributed by atoms with Gasteiger partial charge in [-0.2, -0.15) is 5.26 Å². The molecule has 2 N–H and O–H groups in total. The molecule has 2 aromatic heterocycles. The van der Waals surface area contributed by atoms with Crippen LogP contribution in [0.15, 0.2) is 44.2 Å². The minimum absolute atomic E-state index is 0.0309. The van der Waals surface area contributed by atoms with E-state index in [-0.39, 0.29) is 11.5 Å². The summed E-state index contributed by atoms with van der Waals surface area (Å²) in [5, 5.41) is 11.2. The van der Waals surface area contributed by atoms with Gasteiger partial charge in [0.25, 0.3) is 0 Å². The summed E-state index contributed by atoms with van der Waals surface area (Å²) < 4.78 is 10.5. The van der Waals surface area contributed by atoms with Gasteiger partial charge in [-0.05, 0) is 18.4 Å². The smallest absolute Gasteiger partial charge is 0.343 e. The molecule has 5 nitrogen and oxygen atoms in total. The molecule has 0 radical (unpaired) electrons. The molecule has 3 heterocycles. The normalized spacial score (nSPS) is 17.3. The molecule has 0 saturated heterocycles. The van der Waals surface area contributed by atoms with Gasteiger partial charge < -0.3 is 14.9 Å². The summed E-state index contributed by atoms with van der Waals surface area (Å²) >= 11 is 1.45. The van der Waals surface area contributed by atoms with Crippen molar-refractivity contribution in [3.8, 4) is 11.8 Å². The fraction of sp³-hybridized carbons (Fsp3) is 0.143. The molecule has 3 rings (SSSR count). The third-order valence-electron chi connectivity index (χ3n) is 3.08. The van der Waals surface area contributed by atoms with Gasteiger partial charge in [-0.3, -0.25) is 0 Å². The minimum atomic E-state index is -0.527. The molecule has 0 aliphatic carbocycles. The predicted molar refractivity (Wildman–Crippen MR) is 73.3 cm³/mol. The topological polar surface area (TPSA) is 89.2 Å². The molecular weight excluding hydrogens is 276 g/mol. The molecular formula is C14H10N2O3S. The van der Waals surface area contributed by atoms with Crippen molar-refractivity contribution < 1.29 is 9.15 Å². The Morgan fingerprint density at radius 1 is 1.50 bits per heavy atom. The summed E-state index contributed by atoms with van der Waals surface area (Å²) in [6.45, 7) is 1.66. The Kier molecular flexibility index (Phi) is 2.84. The zero-order valence-electron chi connectivity index (χ0n) is 10.5. The molecule has 0 fully saturated rings. The van der Waals surface area contributed by atoms with Crippen molar-refractivity contribution in [2.45, 2.75) is 12.8 Å². The van der Waals surface area contributed by atoms with E-state index in [2.05, 4.69) is 0 Å². The first-order chi connectivity index (χ1) is 9.61. The summed E-state index contributed by atoms with van der Waals surface area (Å²) in [6.07, 6.45) is 0. The van der Waals surface area contributed by atoms with Gasteiger partial charge in [0, 0.05) is 10.9 Å². The highest BCUT2D eigenvalue weighted by Crippen LogP contribution is 2.41. The number of nitrogens with zero attached hydrogens (tertiary/aromatic N) is 1. The van der Waals surface area contributed by atoms with Crippen LogP contribution in [0.3, 0.4) is 0 Å². The van der Waals surface area contributed by atoms with Crippen molar-refractivity contribution in [3.63, 3.8) is 0 Å². The SMILES string of the molecule is Cc1cc2c(c(=O)o1)C(c1cccs1)C(C#N)=C(N)O2. The fourth-order valence-corrected chi connectivity index (χ4v) is 3.10. The number of fused-ring (bicyclic) bond motifs is 1. The van der Waals surface area contributed by atoms with E-state index in [1.807, 2.05) is 23.6 Å². The monoisotopic (exact) mass is 286 g/mol. The maximum atomic E-state index is 12.1. The number of allylic oxidation sites excluding steroid dienone is 1. The van der Waals surface area contributed by atoms with Crippen molar-refractivity contribution in [2.75, 3.05) is 0 Å². The van der Waals surface area contributed by atoms with Crippen molar-refractivity contribution in [1.82, 2.24) is 0 Å². The first-order valence-electron chi connectivity index (χ1n) is 5.87. The van der Waals surface area contributed by atoms with Crippen LogP contribution in [-0.2, 0) is 0 Å². The predicted octanol–water partition coefficient (Wildman–Crippen LogP) is 2.23. The van der Waals surface area contributed by atoms with E-state index in [4.69, 9.17) is 14.9 Å². The van der Waals surface area contributed by atoms with Crippen LogP contribution in [0.4, 0.5) is 0 Å². The molecule has 0 amide bonds. The molecule has 1 unspecified atom stereocenters. The number of thiophene rings is 1. The Labute approximate surface area is 118 Å². The molecule has 2 aromatic rings. The Morgan fingerprint density at radius 2 is 2.30 bits per heavy atom. The van der Waals surface area contributed by atoms with E-state index in [1.165, 1.54) is 11.3 Å². The highest BCUT2D eigenvalue weighted by atomic mass is 32.1. The maximum Gasteiger partial charge on any atom is 0.343 e. The zero-order chi connectivity index (χ0) is 14.3. The number of ether oxygens (including phenoxy) is 1. The van der Waals surface area contributed by atoms with Crippen LogP contribution in [0.5, 0.6) is 5.75 Å². The van der Waals surface area contributed by atoms with Gasteiger partial charge in [-0.25, -0.2) is 4.79 Å². The van der Waals surface area contributed by atoms with Crippen LogP contribution < -0.4 is 16.1 Å². The number of aryl methyl sites for hydroxylation is 1. The van der Waals surface area contributed by atoms with Crippen LogP contribution in [0, 0.1) is 18.3 Å². The zero-order valence-corrected chi connectivity index (χ0v) is 11.4. The van der Waals surface area contributed by atoms with E-state index >= 15 is 0 Å². The van der Waals surface area contributed by atoms with Crippen molar-refractivity contribution in [1.29, 1.82) is 5.26 Å². The van der Waals surface area contributed by atoms with Crippen LogP contribution in [-0.4, -0.2) is 0 Å². The third-order valence-corrected chi connectivity index (χ3v) is 4.02. The second-order valence-corrected chi connectivity index (χ2v) is 5.34. The first kappa shape index (κ1) is 12.5. The molecule has 1 aliphatic heterocycles. The second-order valence-electron chi connectivity index (χ2n) is 4.36. The fourth-order valence-electron chi connectivity index (χ4n) is 2.26. The average molecular weight is 286 g/mol. The van der Waals surface area contributed by atoms with E-state index in [1.54, 1.807) is 13.0 Å². The molecule has 0 aromatic carbocycles. The number of hydrogen-bond acceptors (Lipinski definition) is 6. The molecule has 6 heteroatoms. The van der Waals surface area contributed by atoms with Crippen LogP contribution in [0.1, 0.15) is 22.1 Å². The molecule has 0 bridgehead atoms. The maximum absolute atomic E-state index is 12.1. The molecule has 100 valence electrons. The first-order valence-corrected chi connectivity index (χ1v) is 6.75. The lowest BCUT2D eigenvalue weighted by Crippen LogP contribution is -2.25. The van der Waals surface area contributed by atoms with E-state index in [0.717, 1.165) is 4.88 Å². The van der Waals surface area contributed by atoms with Gasteiger partial charge in [-0.15, -0.1) is 11.3 Å². The number of nitrogens with two attached hydrogens (primary N) is 1. The highest BCUT2D eigenvalue weighted by molar-refractivity contribution is 7.10. The molecule has 1 aliphatic rings. The summed E-state index contributed by atoms with van der Waals surface area (Å²) in [5.74, 6) is 0.296. The molecule has 20 heavy (non-hydrogen) atoms. The van der Waals surface area contributed by atoms with Gasteiger partial charge in [0.2, 0.25) is 5.88 Å². The Hall–Kier alpha value is -2.52. The van der Waals surface area contributed by atoms with Gasteiger partial charge in [0.05, 0.1) is 11.5 Å². The van der Waals surface area contributed by atoms with Crippen LogP contribution >= 0.6 is 11.3 Å². The van der Waals surface area contributed by atoms with Crippen molar-refractivity contribution in [2.24, 2.45) is 5.73 Å². The largest absolute Gasteiger partial charge is 0.440 e. The van der Waals surface area contributed by atoms with Crippen LogP contribution in [0.25, 0.3) is 0 Å². The van der Waals surface area contributed by atoms with Gasteiger partial charge in [-0.1, -0.05) is 6.07 Å². The standard InChI is InChI=1S/C14H10N2O3S/c1-7-5-9-12(14(17)18-7)11(10-3-2-4-20-10)8(6-15)13(16)19-9/h2-5,11H,16H2,1H3. The quantitative estimate of drug-likeness (QED) is 0.868. The highest BCUT2D eigenvalue weighted by Gasteiger charge is 2.34. The van der Waals surface area contributed by atoms with Crippen molar-refractivity contribution >= 4 is 11.3 Å². The lowest BCUT2D eigenvalue weighted by Gasteiger charge is -2.24.